The molecule has 4 heteroatoms. The number of rotatable bonds is 7. The second-order valence-electron chi connectivity index (χ2n) is 2.91. The van der Waals surface area contributed by atoms with Crippen molar-refractivity contribution in [3.05, 3.63) is 0 Å². The van der Waals surface area contributed by atoms with E-state index < -0.39 is 5.60 Å². The van der Waals surface area contributed by atoms with Gasteiger partial charge in [0.15, 0.2) is 6.29 Å². The predicted molar refractivity (Wildman–Crippen MR) is 56.7 cm³/mol. The minimum Gasteiger partial charge on any atom is -0.368 e. The summed E-state index contributed by atoms with van der Waals surface area (Å²) < 4.78 is 5.33. The normalized spacial score (nSPS) is 11.6. The quantitative estimate of drug-likeness (QED) is 0.364. The van der Waals surface area contributed by atoms with Crippen LogP contribution in [0.25, 0.3) is 0 Å². The monoisotopic (exact) mass is 208 g/mol. The predicted octanol–water partition coefficient (Wildman–Crippen LogP) is 2.38. The molecule has 0 heterocycles. The van der Waals surface area contributed by atoms with Crippen LogP contribution in [0.2, 0.25) is 0 Å². The van der Waals surface area contributed by atoms with Crippen LogP contribution in [-0.2, 0) is 9.53 Å². The van der Waals surface area contributed by atoms with Crippen LogP contribution in [0.15, 0.2) is 0 Å². The number of aldehydes is 1. The van der Waals surface area contributed by atoms with Crippen LogP contribution in [-0.4, -0.2) is 30.5 Å². The lowest BCUT2D eigenvalue weighted by Gasteiger charge is -2.17. The Morgan fingerprint density at radius 2 is 2.17 bits per heavy atom. The molecule has 0 radical (unpaired) electrons. The highest BCUT2D eigenvalue weighted by Crippen LogP contribution is 2.17. The molecule has 0 spiro atoms. The number of hydrogen-bond donors (Lipinski definition) is 0. The average molecular weight is 208 g/mol. The molecular weight excluding hydrogens is 192 g/mol. The first-order valence-corrected chi connectivity index (χ1v) is 6.61. The minimum absolute atomic E-state index is 0.607. The number of hydrogen-bond acceptors (Lipinski definition) is 4. The van der Waals surface area contributed by atoms with Gasteiger partial charge in [-0.25, -0.2) is 0 Å². The molecule has 0 aromatic rings. The zero-order valence-electron chi connectivity index (χ0n) is 7.83. The van der Waals surface area contributed by atoms with Gasteiger partial charge in [-0.3, -0.25) is 0 Å². The second kappa shape index (κ2) is 6.80. The largest absolute Gasteiger partial charge is 0.368 e. The van der Waals surface area contributed by atoms with E-state index in [4.69, 9.17) is 4.74 Å². The van der Waals surface area contributed by atoms with Crippen LogP contribution in [0, 0.1) is 0 Å². The van der Waals surface area contributed by atoms with Crippen molar-refractivity contribution in [1.82, 2.24) is 0 Å². The Bertz CT molecular complexity index is 126. The van der Waals surface area contributed by atoms with E-state index in [0.717, 1.165) is 18.5 Å². The zero-order chi connectivity index (χ0) is 9.45. The van der Waals surface area contributed by atoms with Gasteiger partial charge in [0.05, 0.1) is 0 Å². The van der Waals surface area contributed by atoms with Crippen LogP contribution in [0.4, 0.5) is 0 Å². The van der Waals surface area contributed by atoms with Crippen molar-refractivity contribution in [2.75, 3.05) is 18.6 Å². The summed E-state index contributed by atoms with van der Waals surface area (Å²) in [6.45, 7) is 4.22. The van der Waals surface area contributed by atoms with Gasteiger partial charge in [-0.05, 0) is 26.5 Å². The zero-order valence-corrected chi connectivity index (χ0v) is 9.46. The molecule has 0 aliphatic heterocycles. The smallest absolute Gasteiger partial charge is 0.151 e. The molecule has 0 amide bonds. The van der Waals surface area contributed by atoms with Gasteiger partial charge in [0, 0.05) is 12.4 Å². The van der Waals surface area contributed by atoms with Gasteiger partial charge in [-0.15, -0.1) is 0 Å². The summed E-state index contributed by atoms with van der Waals surface area (Å²) in [5, 5.41) is 0. The Morgan fingerprint density at radius 3 is 2.67 bits per heavy atom. The first-order chi connectivity index (χ1) is 5.62. The molecular formula is C8H16O2S2. The maximum absolute atomic E-state index is 10.4. The van der Waals surface area contributed by atoms with Gasteiger partial charge < -0.3 is 9.53 Å². The van der Waals surface area contributed by atoms with Crippen LogP contribution in [0.1, 0.15) is 20.3 Å². The van der Waals surface area contributed by atoms with Crippen molar-refractivity contribution in [1.29, 1.82) is 0 Å². The Balaban J connectivity index is 3.25. The molecule has 0 unspecified atom stereocenters. The Kier molecular flexibility index (Phi) is 6.99. The van der Waals surface area contributed by atoms with Gasteiger partial charge in [0.2, 0.25) is 0 Å². The fourth-order valence-electron chi connectivity index (χ4n) is 0.570. The Morgan fingerprint density at radius 1 is 1.50 bits per heavy atom. The van der Waals surface area contributed by atoms with Crippen LogP contribution in [0.3, 0.4) is 0 Å². The molecule has 0 saturated carbocycles. The second-order valence-corrected chi connectivity index (χ2v) is 5.60. The molecule has 0 aliphatic carbocycles. The molecule has 0 saturated heterocycles. The van der Waals surface area contributed by atoms with Crippen LogP contribution < -0.4 is 0 Å². The summed E-state index contributed by atoms with van der Waals surface area (Å²) in [6, 6.07) is 0. The summed E-state index contributed by atoms with van der Waals surface area (Å²) >= 11 is 0. The highest BCUT2D eigenvalue weighted by molar-refractivity contribution is 8.76. The molecule has 2 nitrogen and oxygen atoms in total. The fraction of sp³-hybridized carbons (Fsp3) is 0.875. The highest BCUT2D eigenvalue weighted by Gasteiger charge is 2.15. The van der Waals surface area contributed by atoms with Crippen molar-refractivity contribution in [2.24, 2.45) is 0 Å². The third kappa shape index (κ3) is 7.00. The number of ether oxygens (including phenoxy) is 1. The van der Waals surface area contributed by atoms with E-state index in [9.17, 15) is 4.79 Å². The third-order valence-electron chi connectivity index (χ3n) is 1.25. The van der Waals surface area contributed by atoms with Crippen molar-refractivity contribution in [3.8, 4) is 0 Å². The first kappa shape index (κ1) is 12.3. The lowest BCUT2D eigenvalue weighted by Crippen LogP contribution is -2.26. The summed E-state index contributed by atoms with van der Waals surface area (Å²) in [6.07, 6.45) is 3.90. The van der Waals surface area contributed by atoms with Gasteiger partial charge >= 0.3 is 0 Å². The Hall–Kier alpha value is 0.330. The van der Waals surface area contributed by atoms with Crippen molar-refractivity contribution in [2.45, 2.75) is 25.9 Å². The van der Waals surface area contributed by atoms with Crippen molar-refractivity contribution >= 4 is 27.9 Å². The Labute approximate surface area is 82.2 Å². The van der Waals surface area contributed by atoms with E-state index in [0.29, 0.717) is 6.61 Å². The molecule has 0 N–H and O–H groups in total. The highest BCUT2D eigenvalue weighted by atomic mass is 33.1. The summed E-state index contributed by atoms with van der Waals surface area (Å²) in [5.41, 5.74) is -0.607. The average Bonchev–Trinajstić information content (AvgIpc) is 2.04. The number of carbonyl (C=O) groups excluding carboxylic acids is 1. The van der Waals surface area contributed by atoms with Gasteiger partial charge in [0.1, 0.15) is 5.60 Å². The van der Waals surface area contributed by atoms with E-state index in [1.54, 1.807) is 24.6 Å². The van der Waals surface area contributed by atoms with Crippen molar-refractivity contribution < 1.29 is 9.53 Å². The van der Waals surface area contributed by atoms with E-state index in [1.165, 1.54) is 0 Å². The number of carbonyl (C=O) groups is 1. The topological polar surface area (TPSA) is 26.3 Å². The molecule has 0 rings (SSSR count). The van der Waals surface area contributed by atoms with Gasteiger partial charge in [0.25, 0.3) is 0 Å². The summed E-state index contributed by atoms with van der Waals surface area (Å²) in [4.78, 5) is 10.4. The van der Waals surface area contributed by atoms with E-state index in [1.807, 2.05) is 10.8 Å². The SMILES string of the molecule is CSSCCCOC(C)(C)C=O. The van der Waals surface area contributed by atoms with E-state index >= 15 is 0 Å². The lowest BCUT2D eigenvalue weighted by molar-refractivity contribution is -0.126. The summed E-state index contributed by atoms with van der Waals surface area (Å²) in [5.74, 6) is 1.08. The standard InChI is InChI=1S/C8H16O2S2/c1-8(2,7-9)10-5-4-6-12-11-3/h7H,4-6H2,1-3H3. The third-order valence-corrected chi connectivity index (χ3v) is 3.15. The molecule has 12 heavy (non-hydrogen) atoms. The van der Waals surface area contributed by atoms with E-state index in [-0.39, 0.29) is 0 Å². The minimum atomic E-state index is -0.607. The van der Waals surface area contributed by atoms with E-state index in [2.05, 4.69) is 6.26 Å². The van der Waals surface area contributed by atoms with Crippen LogP contribution in [0.5, 0.6) is 0 Å². The molecule has 0 aromatic carbocycles. The van der Waals surface area contributed by atoms with Crippen molar-refractivity contribution in [3.63, 3.8) is 0 Å². The van der Waals surface area contributed by atoms with Gasteiger partial charge in [-0.1, -0.05) is 21.6 Å². The summed E-state index contributed by atoms with van der Waals surface area (Å²) in [7, 11) is 3.57. The fourth-order valence-corrected chi connectivity index (χ4v) is 1.83. The molecule has 0 atom stereocenters. The molecule has 0 aromatic heterocycles. The lowest BCUT2D eigenvalue weighted by atomic mass is 10.2. The maximum Gasteiger partial charge on any atom is 0.151 e. The molecule has 0 fully saturated rings. The molecule has 0 aliphatic rings. The first-order valence-electron chi connectivity index (χ1n) is 3.88. The van der Waals surface area contributed by atoms with Gasteiger partial charge in [-0.2, -0.15) is 0 Å². The molecule has 0 bridgehead atoms. The van der Waals surface area contributed by atoms with Crippen LogP contribution >= 0.6 is 21.6 Å². The molecule has 72 valence electrons. The maximum atomic E-state index is 10.4.